The largest absolute Gasteiger partial charge is 0.455 e. The molecule has 0 bridgehead atoms. The number of carbonyl (C=O) groups excluding carboxylic acids is 3. The fraction of sp³-hybridized carbons (Fsp3) is 0.609. The Hall–Kier alpha value is -2.37. The monoisotopic (exact) mass is 400 g/mol. The number of likely N-dealkylation sites (tertiary alicyclic amines) is 1. The van der Waals surface area contributed by atoms with Crippen molar-refractivity contribution in [2.45, 2.75) is 71.3 Å². The quantitative estimate of drug-likeness (QED) is 0.711. The Kier molecular flexibility index (Phi) is 7.29. The number of amides is 2. The Morgan fingerprint density at radius 2 is 1.76 bits per heavy atom. The molecule has 1 saturated heterocycles. The van der Waals surface area contributed by atoms with E-state index in [4.69, 9.17) is 4.74 Å². The minimum Gasteiger partial charge on any atom is -0.455 e. The summed E-state index contributed by atoms with van der Waals surface area (Å²) in [5.74, 6) is -1.23. The highest BCUT2D eigenvalue weighted by molar-refractivity contribution is 5.95. The van der Waals surface area contributed by atoms with E-state index in [0.29, 0.717) is 6.54 Å². The van der Waals surface area contributed by atoms with Gasteiger partial charge in [-0.25, -0.2) is 0 Å². The molecule has 1 aliphatic carbocycles. The first kappa shape index (κ1) is 21.3. The number of benzene rings is 1. The first-order chi connectivity index (χ1) is 14.0. The number of esters is 1. The Labute approximate surface area is 173 Å². The number of para-hydroxylation sites is 1. The second kappa shape index (κ2) is 9.90. The lowest BCUT2D eigenvalue weighted by Crippen LogP contribution is -2.38. The summed E-state index contributed by atoms with van der Waals surface area (Å²) in [6, 6.07) is 6.23. The molecule has 1 aliphatic heterocycles. The van der Waals surface area contributed by atoms with Crippen LogP contribution in [-0.2, 0) is 32.0 Å². The van der Waals surface area contributed by atoms with Crippen LogP contribution < -0.4 is 5.32 Å². The number of hydrogen-bond donors (Lipinski definition) is 1. The van der Waals surface area contributed by atoms with Crippen LogP contribution in [0.3, 0.4) is 0 Å². The third kappa shape index (κ3) is 5.17. The van der Waals surface area contributed by atoms with Crippen LogP contribution in [0, 0.1) is 5.92 Å². The van der Waals surface area contributed by atoms with Crippen molar-refractivity contribution in [2.24, 2.45) is 5.92 Å². The van der Waals surface area contributed by atoms with E-state index in [-0.39, 0.29) is 30.9 Å². The average Bonchev–Trinajstić information content (AvgIpc) is 3.14. The normalized spacial score (nSPS) is 20.0. The molecule has 0 aromatic heterocycles. The zero-order valence-electron chi connectivity index (χ0n) is 17.5. The summed E-state index contributed by atoms with van der Waals surface area (Å²) in [7, 11) is 0. The molecule has 2 aliphatic rings. The predicted octanol–water partition coefficient (Wildman–Crippen LogP) is 3.47. The Morgan fingerprint density at radius 3 is 2.38 bits per heavy atom. The minimum atomic E-state index is -0.466. The molecule has 1 aromatic carbocycles. The fourth-order valence-electron chi connectivity index (χ4n) is 4.47. The standard InChI is InChI=1S/C23H32N2O4/c1-3-16-9-8-10-17(4-2)22(16)24-20(26)15-29-23(28)18-13-21(27)25(14-18)19-11-6-5-7-12-19/h8-10,18-19H,3-7,11-15H2,1-2H3,(H,24,26)/t18-/m0/s1. The molecule has 2 fully saturated rings. The van der Waals surface area contributed by atoms with Gasteiger partial charge in [-0.1, -0.05) is 51.3 Å². The number of aryl methyl sites for hydroxylation is 2. The molecule has 158 valence electrons. The van der Waals surface area contributed by atoms with Crippen molar-refractivity contribution < 1.29 is 19.1 Å². The SMILES string of the molecule is CCc1cccc(CC)c1NC(=O)COC(=O)[C@H]1CC(=O)N(C2CCCCC2)C1. The number of carbonyl (C=O) groups is 3. The topological polar surface area (TPSA) is 75.7 Å². The van der Waals surface area contributed by atoms with Gasteiger partial charge < -0.3 is 15.0 Å². The average molecular weight is 401 g/mol. The van der Waals surface area contributed by atoms with Crippen molar-refractivity contribution in [3.8, 4) is 0 Å². The molecule has 1 N–H and O–H groups in total. The molecule has 0 unspecified atom stereocenters. The molecule has 1 aromatic rings. The van der Waals surface area contributed by atoms with Gasteiger partial charge >= 0.3 is 5.97 Å². The lowest BCUT2D eigenvalue weighted by Gasteiger charge is -2.31. The van der Waals surface area contributed by atoms with Crippen LogP contribution in [0.5, 0.6) is 0 Å². The maximum atomic E-state index is 12.4. The maximum absolute atomic E-state index is 12.4. The van der Waals surface area contributed by atoms with E-state index in [1.807, 2.05) is 36.9 Å². The third-order valence-electron chi connectivity index (χ3n) is 6.12. The Balaban J connectivity index is 1.52. The van der Waals surface area contributed by atoms with Gasteiger partial charge in [-0.05, 0) is 36.8 Å². The molecule has 2 amide bonds. The van der Waals surface area contributed by atoms with E-state index in [9.17, 15) is 14.4 Å². The summed E-state index contributed by atoms with van der Waals surface area (Å²) in [5.41, 5.74) is 2.94. The molecule has 3 rings (SSSR count). The summed E-state index contributed by atoms with van der Waals surface area (Å²) in [6.07, 6.45) is 7.36. The lowest BCUT2D eigenvalue weighted by molar-refractivity contribution is -0.151. The lowest BCUT2D eigenvalue weighted by atomic mass is 9.94. The molecule has 0 spiro atoms. The predicted molar refractivity (Wildman–Crippen MR) is 111 cm³/mol. The number of rotatable bonds is 7. The molecule has 0 radical (unpaired) electrons. The van der Waals surface area contributed by atoms with Crippen LogP contribution in [0.25, 0.3) is 0 Å². The third-order valence-corrected chi connectivity index (χ3v) is 6.12. The van der Waals surface area contributed by atoms with Gasteiger partial charge in [0.1, 0.15) is 0 Å². The first-order valence-electron chi connectivity index (χ1n) is 10.9. The van der Waals surface area contributed by atoms with Crippen LogP contribution in [0.2, 0.25) is 0 Å². The van der Waals surface area contributed by atoms with Gasteiger partial charge in [-0.2, -0.15) is 0 Å². The van der Waals surface area contributed by atoms with Crippen molar-refractivity contribution in [1.82, 2.24) is 4.90 Å². The van der Waals surface area contributed by atoms with E-state index in [1.165, 1.54) is 6.42 Å². The number of ether oxygens (including phenoxy) is 1. The maximum Gasteiger partial charge on any atom is 0.311 e. The van der Waals surface area contributed by atoms with Gasteiger partial charge in [0, 0.05) is 24.7 Å². The zero-order valence-corrected chi connectivity index (χ0v) is 17.5. The fourth-order valence-corrected chi connectivity index (χ4v) is 4.47. The minimum absolute atomic E-state index is 0.0350. The highest BCUT2D eigenvalue weighted by atomic mass is 16.5. The van der Waals surface area contributed by atoms with E-state index < -0.39 is 11.9 Å². The number of nitrogens with zero attached hydrogens (tertiary/aromatic N) is 1. The van der Waals surface area contributed by atoms with Crippen LogP contribution in [0.4, 0.5) is 5.69 Å². The van der Waals surface area contributed by atoms with Crippen LogP contribution in [-0.4, -0.2) is 41.9 Å². The summed E-state index contributed by atoms with van der Waals surface area (Å²) in [4.78, 5) is 39.0. The van der Waals surface area contributed by atoms with Crippen molar-refractivity contribution in [1.29, 1.82) is 0 Å². The van der Waals surface area contributed by atoms with Crippen molar-refractivity contribution in [2.75, 3.05) is 18.5 Å². The Bertz CT molecular complexity index is 733. The van der Waals surface area contributed by atoms with Crippen molar-refractivity contribution >= 4 is 23.5 Å². The van der Waals surface area contributed by atoms with Crippen LogP contribution in [0.1, 0.15) is 63.5 Å². The number of hydrogen-bond acceptors (Lipinski definition) is 4. The van der Waals surface area contributed by atoms with Gasteiger partial charge in [0.05, 0.1) is 5.92 Å². The molecule has 29 heavy (non-hydrogen) atoms. The summed E-state index contributed by atoms with van der Waals surface area (Å²) < 4.78 is 5.26. The van der Waals surface area contributed by atoms with Gasteiger partial charge in [0.15, 0.2) is 6.61 Å². The summed E-state index contributed by atoms with van der Waals surface area (Å²) in [6.45, 7) is 4.18. The second-order valence-corrected chi connectivity index (χ2v) is 8.05. The number of nitrogens with one attached hydrogen (secondary N) is 1. The zero-order chi connectivity index (χ0) is 20.8. The number of anilines is 1. The van der Waals surface area contributed by atoms with Gasteiger partial charge in [0.25, 0.3) is 5.91 Å². The summed E-state index contributed by atoms with van der Waals surface area (Å²) in [5, 5.41) is 2.90. The first-order valence-corrected chi connectivity index (χ1v) is 10.9. The highest BCUT2D eigenvalue weighted by Gasteiger charge is 2.39. The molecular formula is C23H32N2O4. The summed E-state index contributed by atoms with van der Waals surface area (Å²) >= 11 is 0. The van der Waals surface area contributed by atoms with Crippen molar-refractivity contribution in [3.63, 3.8) is 0 Å². The molecule has 1 heterocycles. The molecule has 1 atom stereocenters. The van der Waals surface area contributed by atoms with Gasteiger partial charge in [-0.15, -0.1) is 0 Å². The Morgan fingerprint density at radius 1 is 1.10 bits per heavy atom. The van der Waals surface area contributed by atoms with E-state index in [2.05, 4.69) is 5.32 Å². The van der Waals surface area contributed by atoms with E-state index in [1.54, 1.807) is 0 Å². The molecule has 6 heteroatoms. The molecular weight excluding hydrogens is 368 g/mol. The van der Waals surface area contributed by atoms with Gasteiger partial charge in [0.2, 0.25) is 5.91 Å². The molecule has 6 nitrogen and oxygen atoms in total. The van der Waals surface area contributed by atoms with E-state index >= 15 is 0 Å². The second-order valence-electron chi connectivity index (χ2n) is 8.05. The van der Waals surface area contributed by atoms with Gasteiger partial charge in [-0.3, -0.25) is 14.4 Å². The van der Waals surface area contributed by atoms with Crippen LogP contribution >= 0.6 is 0 Å². The highest BCUT2D eigenvalue weighted by Crippen LogP contribution is 2.29. The van der Waals surface area contributed by atoms with Crippen molar-refractivity contribution in [3.05, 3.63) is 29.3 Å². The smallest absolute Gasteiger partial charge is 0.311 e. The molecule has 1 saturated carbocycles. The van der Waals surface area contributed by atoms with E-state index in [0.717, 1.165) is 55.3 Å². The van der Waals surface area contributed by atoms with Crippen LogP contribution in [0.15, 0.2) is 18.2 Å².